The Morgan fingerprint density at radius 2 is 1.67 bits per heavy atom. The summed E-state index contributed by atoms with van der Waals surface area (Å²) in [6, 6.07) is 23.0. The number of carboxylic acids is 1. The lowest BCUT2D eigenvalue weighted by atomic mass is 10.1. The van der Waals surface area contributed by atoms with E-state index in [9.17, 15) is 19.1 Å². The zero-order valence-electron chi connectivity index (χ0n) is 22.0. The average Bonchev–Trinajstić information content (AvgIpc) is 2.94. The molecule has 3 rings (SSSR count). The number of carbonyl (C=O) groups excluding carboxylic acids is 1. The van der Waals surface area contributed by atoms with Crippen molar-refractivity contribution in [2.45, 2.75) is 37.2 Å². The minimum atomic E-state index is -1.00. The molecule has 0 bridgehead atoms. The Kier molecular flexibility index (Phi) is 12.6. The van der Waals surface area contributed by atoms with Crippen LogP contribution >= 0.6 is 11.8 Å². The summed E-state index contributed by atoms with van der Waals surface area (Å²) in [7, 11) is 0. The summed E-state index contributed by atoms with van der Waals surface area (Å²) in [6.07, 6.45) is 0.365. The maximum Gasteiger partial charge on any atom is 0.415 e. The van der Waals surface area contributed by atoms with Crippen molar-refractivity contribution in [2.75, 3.05) is 32.1 Å². The molecular formula is C30H34FNO6S. The predicted molar refractivity (Wildman–Crippen MR) is 149 cm³/mol. The first-order valence-electron chi connectivity index (χ1n) is 12.9. The van der Waals surface area contributed by atoms with Crippen LogP contribution in [0.3, 0.4) is 0 Å². The maximum atomic E-state index is 14.0. The number of amides is 1. The first kappa shape index (κ1) is 30.0. The van der Waals surface area contributed by atoms with Gasteiger partial charge in [-0.25, -0.2) is 14.0 Å². The number of unbranched alkanes of at least 4 members (excludes halogenated alkanes) is 1. The van der Waals surface area contributed by atoms with Gasteiger partial charge in [0, 0.05) is 24.5 Å². The number of carbonyl (C=O) groups is 2. The van der Waals surface area contributed by atoms with E-state index in [0.717, 1.165) is 24.2 Å². The summed E-state index contributed by atoms with van der Waals surface area (Å²) in [5.41, 5.74) is 0.812. The van der Waals surface area contributed by atoms with Crippen LogP contribution in [0.15, 0.2) is 83.8 Å². The molecule has 1 atom stereocenters. The lowest BCUT2D eigenvalue weighted by Gasteiger charge is -2.22. The number of halogens is 1. The fraction of sp³-hybridized carbons (Fsp3) is 0.333. The van der Waals surface area contributed by atoms with Crippen molar-refractivity contribution in [1.82, 2.24) is 4.90 Å². The van der Waals surface area contributed by atoms with Gasteiger partial charge in [0.25, 0.3) is 0 Å². The molecule has 0 fully saturated rings. The summed E-state index contributed by atoms with van der Waals surface area (Å²) < 4.78 is 30.4. The molecule has 0 saturated carbocycles. The molecular weight excluding hydrogens is 521 g/mol. The van der Waals surface area contributed by atoms with Crippen LogP contribution in [0.1, 0.15) is 25.3 Å². The predicted octanol–water partition coefficient (Wildman–Crippen LogP) is 6.31. The molecule has 0 aliphatic heterocycles. The monoisotopic (exact) mass is 555 g/mol. The highest BCUT2D eigenvalue weighted by atomic mass is 32.2. The van der Waals surface area contributed by atoms with Crippen LogP contribution in [0.4, 0.5) is 9.18 Å². The standard InChI is InChI=1S/C30H34FNO6S/c1-2-36-28(29(33)34)22-23-14-16-24(17-15-23)37-20-19-32(30(35)38-27-13-7-6-12-26(27)31)18-8-9-21-39-25-10-4-3-5-11-25/h3-7,10-17,28H,2,8-9,18-22H2,1H3,(H,33,34). The SMILES string of the molecule is CCOC(Cc1ccc(OCCN(CCCCSc2ccccc2)C(=O)Oc2ccccc2F)cc1)C(=O)O. The molecule has 39 heavy (non-hydrogen) atoms. The number of ether oxygens (including phenoxy) is 3. The summed E-state index contributed by atoms with van der Waals surface area (Å²) in [4.78, 5) is 26.9. The van der Waals surface area contributed by atoms with Crippen LogP contribution in [0, 0.1) is 5.82 Å². The van der Waals surface area contributed by atoms with Crippen LogP contribution in [-0.2, 0) is 16.0 Å². The lowest BCUT2D eigenvalue weighted by molar-refractivity contribution is -0.149. The molecule has 3 aromatic rings. The molecule has 0 spiro atoms. The molecule has 0 aliphatic carbocycles. The van der Waals surface area contributed by atoms with Crippen molar-refractivity contribution in [2.24, 2.45) is 0 Å². The van der Waals surface area contributed by atoms with Crippen LogP contribution in [0.25, 0.3) is 0 Å². The second kappa shape index (κ2) is 16.4. The van der Waals surface area contributed by atoms with Crippen LogP contribution < -0.4 is 9.47 Å². The van der Waals surface area contributed by atoms with E-state index in [-0.39, 0.29) is 25.3 Å². The molecule has 0 saturated heterocycles. The quantitative estimate of drug-likeness (QED) is 0.164. The second-order valence-corrected chi connectivity index (χ2v) is 9.80. The Balaban J connectivity index is 1.51. The van der Waals surface area contributed by atoms with Gasteiger partial charge in [0.15, 0.2) is 17.7 Å². The summed E-state index contributed by atoms with van der Waals surface area (Å²) in [6.45, 7) is 2.98. The van der Waals surface area contributed by atoms with E-state index in [2.05, 4.69) is 12.1 Å². The number of carboxylic acid groups (broad SMARTS) is 1. The van der Waals surface area contributed by atoms with Gasteiger partial charge in [-0.05, 0) is 67.5 Å². The van der Waals surface area contributed by atoms with E-state index in [4.69, 9.17) is 14.2 Å². The average molecular weight is 556 g/mol. The Labute approximate surface area is 232 Å². The Hall–Kier alpha value is -3.56. The van der Waals surface area contributed by atoms with Crippen LogP contribution in [-0.4, -0.2) is 60.2 Å². The van der Waals surface area contributed by atoms with Crippen LogP contribution in [0.5, 0.6) is 11.5 Å². The van der Waals surface area contributed by atoms with Gasteiger partial charge in [0.1, 0.15) is 12.4 Å². The van der Waals surface area contributed by atoms with E-state index < -0.39 is 24.0 Å². The molecule has 0 aliphatic rings. The number of para-hydroxylation sites is 1. The molecule has 1 N–H and O–H groups in total. The van der Waals surface area contributed by atoms with Gasteiger partial charge < -0.3 is 24.2 Å². The highest BCUT2D eigenvalue weighted by Gasteiger charge is 2.19. The van der Waals surface area contributed by atoms with Crippen molar-refractivity contribution in [3.63, 3.8) is 0 Å². The number of hydrogen-bond acceptors (Lipinski definition) is 6. The van der Waals surface area contributed by atoms with Gasteiger partial charge in [0.05, 0.1) is 6.54 Å². The zero-order chi connectivity index (χ0) is 27.9. The number of aliphatic carboxylic acids is 1. The summed E-state index contributed by atoms with van der Waals surface area (Å²) >= 11 is 1.76. The van der Waals surface area contributed by atoms with Crippen molar-refractivity contribution < 1.29 is 33.3 Å². The van der Waals surface area contributed by atoms with E-state index >= 15 is 0 Å². The smallest absolute Gasteiger partial charge is 0.415 e. The molecule has 1 unspecified atom stereocenters. The van der Waals surface area contributed by atoms with Gasteiger partial charge in [0.2, 0.25) is 0 Å². The highest BCUT2D eigenvalue weighted by molar-refractivity contribution is 7.99. The number of nitrogens with zero attached hydrogens (tertiary/aromatic N) is 1. The van der Waals surface area contributed by atoms with E-state index in [0.29, 0.717) is 18.9 Å². The summed E-state index contributed by atoms with van der Waals surface area (Å²) in [5, 5.41) is 9.27. The maximum absolute atomic E-state index is 14.0. The topological polar surface area (TPSA) is 85.3 Å². The number of benzene rings is 3. The van der Waals surface area contributed by atoms with Gasteiger partial charge in [-0.2, -0.15) is 0 Å². The van der Waals surface area contributed by atoms with Gasteiger partial charge in [-0.1, -0.05) is 42.5 Å². The number of rotatable bonds is 16. The zero-order valence-corrected chi connectivity index (χ0v) is 22.8. The van der Waals surface area contributed by atoms with Crippen LogP contribution in [0.2, 0.25) is 0 Å². The molecule has 7 nitrogen and oxygen atoms in total. The Morgan fingerprint density at radius 3 is 2.36 bits per heavy atom. The first-order valence-corrected chi connectivity index (χ1v) is 13.9. The fourth-order valence-corrected chi connectivity index (χ4v) is 4.65. The second-order valence-electron chi connectivity index (χ2n) is 8.63. The molecule has 208 valence electrons. The lowest BCUT2D eigenvalue weighted by Crippen LogP contribution is -2.37. The molecule has 9 heteroatoms. The summed E-state index contributed by atoms with van der Waals surface area (Å²) in [5.74, 6) is -0.220. The third-order valence-corrected chi connectivity index (χ3v) is 6.84. The molecule has 1 amide bonds. The van der Waals surface area contributed by atoms with Crippen molar-refractivity contribution in [3.05, 3.63) is 90.2 Å². The Bertz CT molecular complexity index is 1160. The van der Waals surface area contributed by atoms with Crippen molar-refractivity contribution in [3.8, 4) is 11.5 Å². The number of hydrogen-bond donors (Lipinski definition) is 1. The normalized spacial score (nSPS) is 11.5. The fourth-order valence-electron chi connectivity index (χ4n) is 3.72. The largest absolute Gasteiger partial charge is 0.492 e. The van der Waals surface area contributed by atoms with Crippen molar-refractivity contribution >= 4 is 23.8 Å². The van der Waals surface area contributed by atoms with Gasteiger partial charge in [-0.15, -0.1) is 11.8 Å². The molecule has 0 heterocycles. The molecule has 0 aromatic heterocycles. The third-order valence-electron chi connectivity index (χ3n) is 5.74. The third kappa shape index (κ3) is 10.6. The van der Waals surface area contributed by atoms with E-state index in [1.807, 2.05) is 18.2 Å². The highest BCUT2D eigenvalue weighted by Crippen LogP contribution is 2.20. The van der Waals surface area contributed by atoms with E-state index in [1.165, 1.54) is 28.0 Å². The Morgan fingerprint density at radius 1 is 0.949 bits per heavy atom. The molecule has 0 radical (unpaired) electrons. The van der Waals surface area contributed by atoms with E-state index in [1.54, 1.807) is 49.0 Å². The van der Waals surface area contributed by atoms with Crippen molar-refractivity contribution in [1.29, 1.82) is 0 Å². The minimum absolute atomic E-state index is 0.115. The first-order chi connectivity index (χ1) is 19.0. The molecule has 3 aromatic carbocycles. The number of thioether (sulfide) groups is 1. The van der Waals surface area contributed by atoms with Gasteiger partial charge >= 0.3 is 12.1 Å². The van der Waals surface area contributed by atoms with Gasteiger partial charge in [-0.3, -0.25) is 0 Å². The minimum Gasteiger partial charge on any atom is -0.492 e.